The highest BCUT2D eigenvalue weighted by Gasteiger charge is 2.14. The first-order chi connectivity index (χ1) is 10.1. The van der Waals surface area contributed by atoms with E-state index in [0.717, 1.165) is 0 Å². The van der Waals surface area contributed by atoms with E-state index in [0.29, 0.717) is 16.3 Å². The molecule has 2 N–H and O–H groups in total. The van der Waals surface area contributed by atoms with Crippen LogP contribution in [0.15, 0.2) is 53.5 Å². The number of H-pyrrole nitrogens is 1. The molecule has 21 heavy (non-hydrogen) atoms. The van der Waals surface area contributed by atoms with Crippen LogP contribution in [0.25, 0.3) is 22.6 Å². The van der Waals surface area contributed by atoms with Crippen LogP contribution in [0.3, 0.4) is 0 Å². The molecule has 0 bridgehead atoms. The number of aromatic amines is 1. The zero-order valence-corrected chi connectivity index (χ0v) is 11.5. The predicted molar refractivity (Wildman–Crippen MR) is 80.2 cm³/mol. The van der Waals surface area contributed by atoms with Gasteiger partial charge < -0.3 is 10.1 Å². The van der Waals surface area contributed by atoms with E-state index >= 15 is 0 Å². The second-order valence-electron chi connectivity index (χ2n) is 4.34. The minimum Gasteiger partial charge on any atom is -0.493 e. The standard InChI is InChI=1S/C15H10ClN3O2/c16-10-6-7-11(17-8-10)13-18-14(20)12(15(21)19-13)9-4-2-1-3-5-9/h1-8H,(H2,18,19,20,21). The molecule has 0 aliphatic rings. The van der Waals surface area contributed by atoms with Gasteiger partial charge in [0.05, 0.1) is 5.02 Å². The molecule has 0 saturated carbocycles. The molecule has 0 saturated heterocycles. The minimum absolute atomic E-state index is 0.133. The highest BCUT2D eigenvalue weighted by molar-refractivity contribution is 6.30. The topological polar surface area (TPSA) is 78.9 Å². The van der Waals surface area contributed by atoms with Gasteiger partial charge in [0.1, 0.15) is 11.3 Å². The van der Waals surface area contributed by atoms with Gasteiger partial charge in [-0.3, -0.25) is 9.78 Å². The highest BCUT2D eigenvalue weighted by atomic mass is 35.5. The second kappa shape index (κ2) is 5.38. The number of aromatic hydroxyl groups is 1. The molecule has 0 radical (unpaired) electrons. The third kappa shape index (κ3) is 2.64. The van der Waals surface area contributed by atoms with E-state index < -0.39 is 5.56 Å². The molecule has 6 heteroatoms. The summed E-state index contributed by atoms with van der Waals surface area (Å²) in [5.74, 6) is -0.148. The zero-order valence-electron chi connectivity index (χ0n) is 10.7. The van der Waals surface area contributed by atoms with Crippen LogP contribution in [0.2, 0.25) is 5.02 Å². The van der Waals surface area contributed by atoms with Crippen molar-refractivity contribution in [2.24, 2.45) is 0 Å². The Morgan fingerprint density at radius 3 is 2.48 bits per heavy atom. The molecule has 0 atom stereocenters. The lowest BCUT2D eigenvalue weighted by molar-refractivity contribution is 0.454. The fourth-order valence-electron chi connectivity index (χ4n) is 1.96. The van der Waals surface area contributed by atoms with Gasteiger partial charge in [0.2, 0.25) is 5.88 Å². The van der Waals surface area contributed by atoms with Crippen molar-refractivity contribution in [1.29, 1.82) is 0 Å². The smallest absolute Gasteiger partial charge is 0.262 e. The summed E-state index contributed by atoms with van der Waals surface area (Å²) in [6, 6.07) is 12.1. The molecule has 3 rings (SSSR count). The van der Waals surface area contributed by atoms with Crippen LogP contribution in [0, 0.1) is 0 Å². The summed E-state index contributed by atoms with van der Waals surface area (Å²) in [6.07, 6.45) is 1.44. The lowest BCUT2D eigenvalue weighted by Crippen LogP contribution is -2.12. The molecule has 0 amide bonds. The fraction of sp³-hybridized carbons (Fsp3) is 0. The number of aromatic nitrogens is 3. The van der Waals surface area contributed by atoms with Crippen molar-refractivity contribution in [2.45, 2.75) is 0 Å². The van der Waals surface area contributed by atoms with E-state index in [2.05, 4.69) is 15.0 Å². The summed E-state index contributed by atoms with van der Waals surface area (Å²) in [5.41, 5.74) is 0.722. The van der Waals surface area contributed by atoms with Crippen LogP contribution in [-0.4, -0.2) is 20.1 Å². The van der Waals surface area contributed by atoms with Crippen molar-refractivity contribution >= 4 is 11.6 Å². The molecule has 2 heterocycles. The van der Waals surface area contributed by atoms with Gasteiger partial charge in [-0.15, -0.1) is 0 Å². The first-order valence-electron chi connectivity index (χ1n) is 6.16. The molecule has 0 aliphatic heterocycles. The van der Waals surface area contributed by atoms with Crippen LogP contribution in [0.5, 0.6) is 5.88 Å². The van der Waals surface area contributed by atoms with Crippen molar-refractivity contribution in [3.8, 4) is 28.5 Å². The number of pyridine rings is 1. The van der Waals surface area contributed by atoms with Gasteiger partial charge >= 0.3 is 0 Å². The first-order valence-corrected chi connectivity index (χ1v) is 6.53. The lowest BCUT2D eigenvalue weighted by Gasteiger charge is -2.05. The Kier molecular flexibility index (Phi) is 3.41. The zero-order chi connectivity index (χ0) is 14.8. The van der Waals surface area contributed by atoms with Gasteiger partial charge in [0.25, 0.3) is 5.56 Å². The number of hydrogen-bond acceptors (Lipinski definition) is 4. The number of nitrogens with zero attached hydrogens (tertiary/aromatic N) is 2. The SMILES string of the molecule is O=c1[nH]c(-c2ccc(Cl)cn2)nc(O)c1-c1ccccc1. The normalized spacial score (nSPS) is 10.5. The Balaban J connectivity index is 2.13. The van der Waals surface area contributed by atoms with E-state index in [9.17, 15) is 9.90 Å². The van der Waals surface area contributed by atoms with Crippen molar-refractivity contribution in [1.82, 2.24) is 15.0 Å². The van der Waals surface area contributed by atoms with Crippen LogP contribution in [-0.2, 0) is 0 Å². The number of halogens is 1. The predicted octanol–water partition coefficient (Wildman–Crippen LogP) is 2.86. The molecule has 0 unspecified atom stereocenters. The third-order valence-corrected chi connectivity index (χ3v) is 3.16. The summed E-state index contributed by atoms with van der Waals surface area (Å²) >= 11 is 5.76. The fourth-order valence-corrected chi connectivity index (χ4v) is 2.08. The van der Waals surface area contributed by atoms with Crippen LogP contribution in [0.4, 0.5) is 0 Å². The van der Waals surface area contributed by atoms with Gasteiger partial charge in [0.15, 0.2) is 5.82 Å². The molecular weight excluding hydrogens is 290 g/mol. The molecule has 0 spiro atoms. The van der Waals surface area contributed by atoms with Gasteiger partial charge in [-0.05, 0) is 17.7 Å². The molecular formula is C15H10ClN3O2. The molecule has 0 aliphatic carbocycles. The molecule has 104 valence electrons. The summed E-state index contributed by atoms with van der Waals surface area (Å²) in [5, 5.41) is 10.5. The molecule has 2 aromatic heterocycles. The van der Waals surface area contributed by atoms with E-state index in [1.54, 1.807) is 36.4 Å². The average molecular weight is 300 g/mol. The van der Waals surface area contributed by atoms with Crippen molar-refractivity contribution in [3.05, 3.63) is 64.0 Å². The lowest BCUT2D eigenvalue weighted by atomic mass is 10.1. The summed E-state index contributed by atoms with van der Waals surface area (Å²) in [7, 11) is 0. The van der Waals surface area contributed by atoms with Gasteiger partial charge in [0, 0.05) is 6.20 Å². The van der Waals surface area contributed by atoms with Gasteiger partial charge in [-0.2, -0.15) is 4.98 Å². The molecule has 1 aromatic carbocycles. The Morgan fingerprint density at radius 2 is 1.86 bits per heavy atom. The van der Waals surface area contributed by atoms with Crippen molar-refractivity contribution in [2.75, 3.05) is 0 Å². The minimum atomic E-state index is -0.430. The monoisotopic (exact) mass is 299 g/mol. The Bertz CT molecular complexity index is 830. The summed E-state index contributed by atoms with van der Waals surface area (Å²) in [4.78, 5) is 22.9. The highest BCUT2D eigenvalue weighted by Crippen LogP contribution is 2.25. The first kappa shape index (κ1) is 13.3. The van der Waals surface area contributed by atoms with Crippen LogP contribution >= 0.6 is 11.6 Å². The summed E-state index contributed by atoms with van der Waals surface area (Å²) in [6.45, 7) is 0. The Morgan fingerprint density at radius 1 is 1.10 bits per heavy atom. The van der Waals surface area contributed by atoms with Crippen molar-refractivity contribution < 1.29 is 5.11 Å². The number of nitrogens with one attached hydrogen (secondary N) is 1. The maximum absolute atomic E-state index is 12.2. The molecule has 5 nitrogen and oxygen atoms in total. The number of benzene rings is 1. The van der Waals surface area contributed by atoms with E-state index in [-0.39, 0.29) is 17.3 Å². The van der Waals surface area contributed by atoms with Crippen molar-refractivity contribution in [3.63, 3.8) is 0 Å². The average Bonchev–Trinajstić information content (AvgIpc) is 2.48. The number of rotatable bonds is 2. The maximum Gasteiger partial charge on any atom is 0.262 e. The van der Waals surface area contributed by atoms with Crippen LogP contribution in [0.1, 0.15) is 0 Å². The second-order valence-corrected chi connectivity index (χ2v) is 4.78. The van der Waals surface area contributed by atoms with Crippen LogP contribution < -0.4 is 5.56 Å². The number of hydrogen-bond donors (Lipinski definition) is 2. The molecule has 0 fully saturated rings. The van der Waals surface area contributed by atoms with Gasteiger partial charge in [-0.25, -0.2) is 0 Å². The third-order valence-electron chi connectivity index (χ3n) is 2.93. The Labute approximate surface area is 124 Å². The van der Waals surface area contributed by atoms with Gasteiger partial charge in [-0.1, -0.05) is 41.9 Å². The molecule has 3 aromatic rings. The quantitative estimate of drug-likeness (QED) is 0.762. The summed E-state index contributed by atoms with van der Waals surface area (Å²) < 4.78 is 0. The largest absolute Gasteiger partial charge is 0.493 e. The Hall–Kier alpha value is -2.66. The van der Waals surface area contributed by atoms with E-state index in [4.69, 9.17) is 11.6 Å². The maximum atomic E-state index is 12.2. The van der Waals surface area contributed by atoms with E-state index in [1.807, 2.05) is 6.07 Å². The van der Waals surface area contributed by atoms with E-state index in [1.165, 1.54) is 6.20 Å².